The molecule has 3 rings (SSSR count). The van der Waals surface area contributed by atoms with Gasteiger partial charge in [0.1, 0.15) is 5.71 Å². The normalized spacial score (nSPS) is 14.8. The molecule has 1 aliphatic carbocycles. The van der Waals surface area contributed by atoms with Crippen LogP contribution in [0.25, 0.3) is 11.1 Å². The number of hydrogen-bond acceptors (Lipinski definition) is 3. The molecule has 0 saturated carbocycles. The van der Waals surface area contributed by atoms with Crippen molar-refractivity contribution in [2.45, 2.75) is 0 Å². The van der Waals surface area contributed by atoms with E-state index in [4.69, 9.17) is 22.5 Å². The molecule has 4 heteroatoms. The van der Waals surface area contributed by atoms with Crippen molar-refractivity contribution in [1.82, 2.24) is 0 Å². The van der Waals surface area contributed by atoms with Crippen molar-refractivity contribution in [2.75, 3.05) is 5.73 Å². The molecule has 84 valence electrons. The van der Waals surface area contributed by atoms with Gasteiger partial charge in [-0.2, -0.15) is 0 Å². The summed E-state index contributed by atoms with van der Waals surface area (Å²) in [6, 6.07) is 11.1. The van der Waals surface area contributed by atoms with Crippen LogP contribution in [0.2, 0.25) is 5.02 Å². The van der Waals surface area contributed by atoms with Gasteiger partial charge in [-0.3, -0.25) is 0 Å². The summed E-state index contributed by atoms with van der Waals surface area (Å²) < 4.78 is 0. The Morgan fingerprint density at radius 2 is 1.59 bits per heavy atom. The standard InChI is InChI=1S/C13H9ClN2O/c14-7-1-3-9-10-4-2-8(15)6-12(10)13(16-17)11(9)5-7/h1-6,17H,15H2/b16-13+. The van der Waals surface area contributed by atoms with Gasteiger partial charge in [0.25, 0.3) is 0 Å². The van der Waals surface area contributed by atoms with Crippen LogP contribution < -0.4 is 5.73 Å². The first-order valence-corrected chi connectivity index (χ1v) is 5.51. The number of halogens is 1. The largest absolute Gasteiger partial charge is 0.410 e. The average Bonchev–Trinajstić information content (AvgIpc) is 2.60. The molecule has 0 aliphatic heterocycles. The summed E-state index contributed by atoms with van der Waals surface area (Å²) in [6.07, 6.45) is 0. The predicted octanol–water partition coefficient (Wildman–Crippen LogP) is 3.13. The highest BCUT2D eigenvalue weighted by Gasteiger charge is 2.25. The summed E-state index contributed by atoms with van der Waals surface area (Å²) in [5.41, 5.74) is 10.6. The Morgan fingerprint density at radius 1 is 0.941 bits per heavy atom. The second-order valence-electron chi connectivity index (χ2n) is 3.94. The van der Waals surface area contributed by atoms with Crippen molar-refractivity contribution in [3.63, 3.8) is 0 Å². The number of nitrogens with zero attached hydrogens (tertiary/aromatic N) is 1. The van der Waals surface area contributed by atoms with Gasteiger partial charge in [-0.1, -0.05) is 28.9 Å². The average molecular weight is 245 g/mol. The van der Waals surface area contributed by atoms with Gasteiger partial charge < -0.3 is 10.9 Å². The molecule has 0 spiro atoms. The Bertz CT molecular complexity index is 596. The zero-order chi connectivity index (χ0) is 12.0. The van der Waals surface area contributed by atoms with E-state index in [9.17, 15) is 0 Å². The summed E-state index contributed by atoms with van der Waals surface area (Å²) in [5, 5.41) is 13.1. The Balaban J connectivity index is 2.37. The predicted molar refractivity (Wildman–Crippen MR) is 68.7 cm³/mol. The number of nitrogens with two attached hydrogens (primary N) is 1. The van der Waals surface area contributed by atoms with E-state index in [1.54, 1.807) is 12.1 Å². The van der Waals surface area contributed by atoms with Crippen LogP contribution in [0, 0.1) is 0 Å². The molecular weight excluding hydrogens is 236 g/mol. The van der Waals surface area contributed by atoms with Crippen molar-refractivity contribution in [2.24, 2.45) is 5.16 Å². The Kier molecular flexibility index (Phi) is 2.09. The highest BCUT2D eigenvalue weighted by molar-refractivity contribution is 6.32. The first-order chi connectivity index (χ1) is 8.20. The first kappa shape index (κ1) is 10.2. The zero-order valence-electron chi connectivity index (χ0n) is 8.81. The molecule has 2 aromatic carbocycles. The molecular formula is C13H9ClN2O. The molecule has 0 amide bonds. The second kappa shape index (κ2) is 3.50. The molecule has 0 heterocycles. The number of oxime groups is 1. The Morgan fingerprint density at radius 3 is 2.29 bits per heavy atom. The summed E-state index contributed by atoms with van der Waals surface area (Å²) in [7, 11) is 0. The highest BCUT2D eigenvalue weighted by atomic mass is 35.5. The molecule has 1 aliphatic rings. The van der Waals surface area contributed by atoms with Crippen LogP contribution in [0.15, 0.2) is 41.6 Å². The SMILES string of the molecule is Nc1ccc2c(c1)/C(=N/O)c1cc(Cl)ccc1-2. The van der Waals surface area contributed by atoms with Gasteiger partial charge in [0, 0.05) is 21.8 Å². The van der Waals surface area contributed by atoms with Crippen LogP contribution in [0.4, 0.5) is 5.69 Å². The topological polar surface area (TPSA) is 58.6 Å². The minimum atomic E-state index is 0.518. The maximum atomic E-state index is 9.15. The van der Waals surface area contributed by atoms with Crippen molar-refractivity contribution < 1.29 is 5.21 Å². The highest BCUT2D eigenvalue weighted by Crippen LogP contribution is 2.38. The molecule has 2 aromatic rings. The number of anilines is 1. The van der Waals surface area contributed by atoms with Crippen LogP contribution in [-0.2, 0) is 0 Å². The van der Waals surface area contributed by atoms with Gasteiger partial charge in [0.15, 0.2) is 0 Å². The number of benzene rings is 2. The lowest BCUT2D eigenvalue weighted by Gasteiger charge is -2.00. The summed E-state index contributed by atoms with van der Waals surface area (Å²) in [6.45, 7) is 0. The third-order valence-electron chi connectivity index (χ3n) is 2.93. The lowest BCUT2D eigenvalue weighted by atomic mass is 10.1. The molecule has 0 aromatic heterocycles. The molecule has 17 heavy (non-hydrogen) atoms. The summed E-state index contributed by atoms with van der Waals surface area (Å²) >= 11 is 5.96. The quantitative estimate of drug-likeness (QED) is 0.363. The lowest BCUT2D eigenvalue weighted by molar-refractivity contribution is 0.320. The van der Waals surface area contributed by atoms with E-state index < -0.39 is 0 Å². The van der Waals surface area contributed by atoms with E-state index in [0.717, 1.165) is 22.3 Å². The van der Waals surface area contributed by atoms with E-state index in [2.05, 4.69) is 5.16 Å². The zero-order valence-corrected chi connectivity index (χ0v) is 9.57. The van der Waals surface area contributed by atoms with E-state index in [1.165, 1.54) is 0 Å². The van der Waals surface area contributed by atoms with E-state index in [-0.39, 0.29) is 0 Å². The van der Waals surface area contributed by atoms with Crippen LogP contribution in [0.5, 0.6) is 0 Å². The van der Waals surface area contributed by atoms with E-state index in [0.29, 0.717) is 16.4 Å². The van der Waals surface area contributed by atoms with E-state index >= 15 is 0 Å². The fourth-order valence-electron chi connectivity index (χ4n) is 2.19. The van der Waals surface area contributed by atoms with Crippen molar-refractivity contribution in [1.29, 1.82) is 0 Å². The van der Waals surface area contributed by atoms with Crippen LogP contribution in [-0.4, -0.2) is 10.9 Å². The fourth-order valence-corrected chi connectivity index (χ4v) is 2.36. The number of hydrogen-bond donors (Lipinski definition) is 2. The van der Waals surface area contributed by atoms with Gasteiger partial charge in [-0.05, 0) is 35.4 Å². The smallest absolute Gasteiger partial charge is 0.118 e. The van der Waals surface area contributed by atoms with Gasteiger partial charge in [0.2, 0.25) is 0 Å². The monoisotopic (exact) mass is 244 g/mol. The number of rotatable bonds is 0. The minimum absolute atomic E-state index is 0.518. The third-order valence-corrected chi connectivity index (χ3v) is 3.16. The maximum Gasteiger partial charge on any atom is 0.118 e. The third kappa shape index (κ3) is 1.40. The molecule has 0 saturated heterocycles. The van der Waals surface area contributed by atoms with Gasteiger partial charge in [-0.25, -0.2) is 0 Å². The summed E-state index contributed by atoms with van der Waals surface area (Å²) in [4.78, 5) is 0. The minimum Gasteiger partial charge on any atom is -0.410 e. The van der Waals surface area contributed by atoms with Crippen LogP contribution in [0.3, 0.4) is 0 Å². The Hall–Kier alpha value is -2.00. The molecule has 0 radical (unpaired) electrons. The Labute approximate surface area is 103 Å². The molecule has 0 fully saturated rings. The maximum absolute atomic E-state index is 9.15. The van der Waals surface area contributed by atoms with Crippen molar-refractivity contribution in [3.8, 4) is 11.1 Å². The van der Waals surface area contributed by atoms with Gasteiger partial charge >= 0.3 is 0 Å². The van der Waals surface area contributed by atoms with Crippen molar-refractivity contribution in [3.05, 3.63) is 52.5 Å². The fraction of sp³-hybridized carbons (Fsp3) is 0. The molecule has 0 atom stereocenters. The number of fused-ring (bicyclic) bond motifs is 3. The lowest BCUT2D eigenvalue weighted by Crippen LogP contribution is -1.98. The summed E-state index contributed by atoms with van der Waals surface area (Å²) in [5.74, 6) is 0. The number of nitrogen functional groups attached to an aromatic ring is 1. The second-order valence-corrected chi connectivity index (χ2v) is 4.38. The van der Waals surface area contributed by atoms with Gasteiger partial charge in [-0.15, -0.1) is 0 Å². The molecule has 3 nitrogen and oxygen atoms in total. The molecule has 3 N–H and O–H groups in total. The molecule has 0 bridgehead atoms. The first-order valence-electron chi connectivity index (χ1n) is 5.13. The van der Waals surface area contributed by atoms with Crippen molar-refractivity contribution >= 4 is 23.0 Å². The van der Waals surface area contributed by atoms with Crippen LogP contribution in [0.1, 0.15) is 11.1 Å². The molecule has 0 unspecified atom stereocenters. The van der Waals surface area contributed by atoms with Gasteiger partial charge in [0.05, 0.1) is 0 Å². The van der Waals surface area contributed by atoms with Crippen LogP contribution >= 0.6 is 11.6 Å². The van der Waals surface area contributed by atoms with E-state index in [1.807, 2.05) is 24.3 Å².